The minimum atomic E-state index is -0.149. The fourth-order valence-electron chi connectivity index (χ4n) is 2.46. The molecule has 0 radical (unpaired) electrons. The SMILES string of the molecule is Cc1ccc(C=Nn2c(C)nc3ccccc3c2=O)c(C)c1. The minimum Gasteiger partial charge on any atom is -0.267 e. The Hall–Kier alpha value is -2.75. The van der Waals surface area contributed by atoms with Gasteiger partial charge in [-0.1, -0.05) is 35.9 Å². The van der Waals surface area contributed by atoms with Gasteiger partial charge in [0, 0.05) is 0 Å². The van der Waals surface area contributed by atoms with E-state index in [0.717, 1.165) is 11.1 Å². The normalized spacial score (nSPS) is 11.4. The van der Waals surface area contributed by atoms with Crippen LogP contribution in [0.4, 0.5) is 0 Å². The number of hydrogen-bond acceptors (Lipinski definition) is 3. The first-order chi connectivity index (χ1) is 10.6. The first-order valence-corrected chi connectivity index (χ1v) is 7.16. The maximum absolute atomic E-state index is 12.5. The molecule has 1 heterocycles. The Morgan fingerprint density at radius 3 is 2.64 bits per heavy atom. The molecule has 2 aromatic carbocycles. The monoisotopic (exact) mass is 291 g/mol. The number of nitrogens with zero attached hydrogens (tertiary/aromatic N) is 3. The Morgan fingerprint density at radius 2 is 1.86 bits per heavy atom. The predicted molar refractivity (Wildman–Crippen MR) is 89.6 cm³/mol. The van der Waals surface area contributed by atoms with Gasteiger partial charge in [0.25, 0.3) is 5.56 Å². The molecule has 0 bridgehead atoms. The molecule has 3 aromatic rings. The molecular formula is C18H17N3O. The molecule has 0 N–H and O–H groups in total. The van der Waals surface area contributed by atoms with E-state index in [0.29, 0.717) is 16.7 Å². The topological polar surface area (TPSA) is 47.2 Å². The quantitative estimate of drug-likeness (QED) is 0.681. The van der Waals surface area contributed by atoms with E-state index >= 15 is 0 Å². The van der Waals surface area contributed by atoms with E-state index in [-0.39, 0.29) is 5.56 Å². The third-order valence-electron chi connectivity index (χ3n) is 3.65. The van der Waals surface area contributed by atoms with E-state index in [2.05, 4.69) is 23.1 Å². The lowest BCUT2D eigenvalue weighted by atomic mass is 10.1. The summed E-state index contributed by atoms with van der Waals surface area (Å²) in [4.78, 5) is 17.0. The van der Waals surface area contributed by atoms with Crippen LogP contribution >= 0.6 is 0 Å². The number of aromatic nitrogens is 2. The summed E-state index contributed by atoms with van der Waals surface area (Å²) in [5.41, 5.74) is 3.87. The molecule has 0 amide bonds. The molecule has 0 saturated carbocycles. The highest BCUT2D eigenvalue weighted by Gasteiger charge is 2.06. The lowest BCUT2D eigenvalue weighted by molar-refractivity contribution is 0.771. The summed E-state index contributed by atoms with van der Waals surface area (Å²) in [6.07, 6.45) is 1.71. The largest absolute Gasteiger partial charge is 0.282 e. The molecule has 22 heavy (non-hydrogen) atoms. The van der Waals surface area contributed by atoms with Crippen LogP contribution in [0.1, 0.15) is 22.5 Å². The van der Waals surface area contributed by atoms with Gasteiger partial charge >= 0.3 is 0 Å². The fourth-order valence-corrected chi connectivity index (χ4v) is 2.46. The first kappa shape index (κ1) is 14.2. The number of benzene rings is 2. The van der Waals surface area contributed by atoms with Crippen molar-refractivity contribution in [3.8, 4) is 0 Å². The van der Waals surface area contributed by atoms with E-state index in [4.69, 9.17) is 0 Å². The van der Waals surface area contributed by atoms with Crippen molar-refractivity contribution in [2.75, 3.05) is 0 Å². The van der Waals surface area contributed by atoms with Crippen LogP contribution < -0.4 is 5.56 Å². The van der Waals surface area contributed by atoms with Crippen molar-refractivity contribution in [3.05, 3.63) is 75.3 Å². The van der Waals surface area contributed by atoms with Gasteiger partial charge in [0.15, 0.2) is 0 Å². The van der Waals surface area contributed by atoms with Crippen LogP contribution in [0, 0.1) is 20.8 Å². The molecule has 4 heteroatoms. The van der Waals surface area contributed by atoms with Crippen molar-refractivity contribution in [2.24, 2.45) is 5.10 Å². The molecule has 0 fully saturated rings. The Morgan fingerprint density at radius 1 is 1.09 bits per heavy atom. The van der Waals surface area contributed by atoms with Gasteiger partial charge in [-0.05, 0) is 44.0 Å². The summed E-state index contributed by atoms with van der Waals surface area (Å²) in [6.45, 7) is 5.87. The highest BCUT2D eigenvalue weighted by atomic mass is 16.1. The maximum Gasteiger partial charge on any atom is 0.282 e. The van der Waals surface area contributed by atoms with Crippen molar-refractivity contribution in [1.82, 2.24) is 9.66 Å². The minimum absolute atomic E-state index is 0.149. The zero-order chi connectivity index (χ0) is 15.7. The third-order valence-corrected chi connectivity index (χ3v) is 3.65. The molecule has 3 rings (SSSR count). The maximum atomic E-state index is 12.5. The zero-order valence-electron chi connectivity index (χ0n) is 12.9. The Bertz CT molecular complexity index is 939. The summed E-state index contributed by atoms with van der Waals surface area (Å²) < 4.78 is 1.35. The van der Waals surface area contributed by atoms with Gasteiger partial charge in [0.2, 0.25) is 0 Å². The lowest BCUT2D eigenvalue weighted by Gasteiger charge is -2.06. The van der Waals surface area contributed by atoms with Crippen LogP contribution in [0.5, 0.6) is 0 Å². The van der Waals surface area contributed by atoms with Gasteiger partial charge in [-0.25, -0.2) is 4.98 Å². The molecular weight excluding hydrogens is 274 g/mol. The van der Waals surface area contributed by atoms with Gasteiger partial charge in [0.05, 0.1) is 17.1 Å². The summed E-state index contributed by atoms with van der Waals surface area (Å²) in [5, 5.41) is 4.91. The number of hydrogen-bond donors (Lipinski definition) is 0. The molecule has 4 nitrogen and oxygen atoms in total. The Balaban J connectivity index is 2.11. The summed E-state index contributed by atoms with van der Waals surface area (Å²) in [7, 11) is 0. The van der Waals surface area contributed by atoms with E-state index in [1.54, 1.807) is 19.2 Å². The zero-order valence-corrected chi connectivity index (χ0v) is 12.9. The second kappa shape index (κ2) is 5.56. The van der Waals surface area contributed by atoms with Crippen molar-refractivity contribution >= 4 is 17.1 Å². The van der Waals surface area contributed by atoms with E-state index < -0.39 is 0 Å². The number of fused-ring (bicyclic) bond motifs is 1. The van der Waals surface area contributed by atoms with Crippen molar-refractivity contribution in [1.29, 1.82) is 0 Å². The highest BCUT2D eigenvalue weighted by Crippen LogP contribution is 2.09. The van der Waals surface area contributed by atoms with Crippen LogP contribution in [-0.4, -0.2) is 15.9 Å². The third kappa shape index (κ3) is 2.55. The van der Waals surface area contributed by atoms with Crippen LogP contribution in [0.2, 0.25) is 0 Å². The summed E-state index contributed by atoms with van der Waals surface area (Å²) in [6, 6.07) is 13.4. The van der Waals surface area contributed by atoms with Gasteiger partial charge < -0.3 is 0 Å². The van der Waals surface area contributed by atoms with Crippen LogP contribution in [0.3, 0.4) is 0 Å². The molecule has 0 unspecified atom stereocenters. The van der Waals surface area contributed by atoms with Crippen molar-refractivity contribution in [3.63, 3.8) is 0 Å². The van der Waals surface area contributed by atoms with E-state index in [1.807, 2.05) is 37.3 Å². The highest BCUT2D eigenvalue weighted by molar-refractivity contribution is 5.82. The lowest BCUT2D eigenvalue weighted by Crippen LogP contribution is -2.20. The number of para-hydroxylation sites is 1. The van der Waals surface area contributed by atoms with Crippen LogP contribution in [0.15, 0.2) is 52.4 Å². The summed E-state index contributed by atoms with van der Waals surface area (Å²) >= 11 is 0. The van der Waals surface area contributed by atoms with Crippen molar-refractivity contribution < 1.29 is 0 Å². The molecule has 0 aliphatic carbocycles. The second-order valence-corrected chi connectivity index (χ2v) is 5.40. The Labute approximate surface area is 128 Å². The van der Waals surface area contributed by atoms with E-state index in [9.17, 15) is 4.79 Å². The molecule has 0 saturated heterocycles. The number of aryl methyl sites for hydroxylation is 3. The molecule has 1 aromatic heterocycles. The molecule has 0 aliphatic heterocycles. The smallest absolute Gasteiger partial charge is 0.267 e. The van der Waals surface area contributed by atoms with Crippen LogP contribution in [-0.2, 0) is 0 Å². The van der Waals surface area contributed by atoms with E-state index in [1.165, 1.54) is 10.2 Å². The van der Waals surface area contributed by atoms with Crippen molar-refractivity contribution in [2.45, 2.75) is 20.8 Å². The number of rotatable bonds is 2. The van der Waals surface area contributed by atoms with Gasteiger partial charge in [-0.15, -0.1) is 0 Å². The average molecular weight is 291 g/mol. The molecule has 0 atom stereocenters. The molecule has 0 aliphatic rings. The van der Waals surface area contributed by atoms with Crippen LogP contribution in [0.25, 0.3) is 10.9 Å². The fraction of sp³-hybridized carbons (Fsp3) is 0.167. The first-order valence-electron chi connectivity index (χ1n) is 7.16. The second-order valence-electron chi connectivity index (χ2n) is 5.40. The van der Waals surface area contributed by atoms with Gasteiger partial charge in [0.1, 0.15) is 5.82 Å². The van der Waals surface area contributed by atoms with Gasteiger partial charge in [-0.2, -0.15) is 9.78 Å². The Kier molecular flexibility index (Phi) is 3.59. The summed E-state index contributed by atoms with van der Waals surface area (Å²) in [5.74, 6) is 0.574. The average Bonchev–Trinajstić information content (AvgIpc) is 2.49. The molecule has 110 valence electrons. The van der Waals surface area contributed by atoms with Gasteiger partial charge in [-0.3, -0.25) is 4.79 Å². The predicted octanol–water partition coefficient (Wildman–Crippen LogP) is 3.20. The molecule has 0 spiro atoms. The standard InChI is InChI=1S/C18H17N3O/c1-12-8-9-15(13(2)10-12)11-19-21-14(3)20-17-7-5-4-6-16(17)18(21)22/h4-11H,1-3H3.